The highest BCUT2D eigenvalue weighted by molar-refractivity contribution is 6.31. The van der Waals surface area contributed by atoms with E-state index in [-0.39, 0.29) is 0 Å². The van der Waals surface area contributed by atoms with Crippen molar-refractivity contribution >= 4 is 11.6 Å². The maximum absolute atomic E-state index is 6.35. The lowest BCUT2D eigenvalue weighted by atomic mass is 9.78. The molecule has 1 atom stereocenters. The molecule has 1 saturated carbocycles. The molecule has 4 heteroatoms. The molecule has 0 amide bonds. The van der Waals surface area contributed by atoms with Crippen molar-refractivity contribution in [2.75, 3.05) is 7.05 Å². The fourth-order valence-electron chi connectivity index (χ4n) is 2.62. The molecule has 1 N–H and O–H groups in total. The van der Waals surface area contributed by atoms with Crippen LogP contribution in [0.15, 0.2) is 0 Å². The van der Waals surface area contributed by atoms with Crippen LogP contribution in [-0.2, 0) is 13.0 Å². The molecule has 1 aliphatic rings. The molecule has 0 bridgehead atoms. The summed E-state index contributed by atoms with van der Waals surface area (Å²) in [5.41, 5.74) is 2.14. The zero-order valence-electron chi connectivity index (χ0n) is 11.0. The van der Waals surface area contributed by atoms with Crippen LogP contribution in [0.1, 0.15) is 37.6 Å². The summed E-state index contributed by atoms with van der Waals surface area (Å²) in [5.74, 6) is 0.816. The third-order valence-corrected chi connectivity index (χ3v) is 4.45. The molecule has 1 aromatic rings. The molecule has 0 aromatic carbocycles. The monoisotopic (exact) mass is 255 g/mol. The van der Waals surface area contributed by atoms with Crippen LogP contribution in [0.5, 0.6) is 0 Å². The van der Waals surface area contributed by atoms with Crippen molar-refractivity contribution in [3.8, 4) is 0 Å². The first-order chi connectivity index (χ1) is 8.17. The molecule has 0 aliphatic heterocycles. The molecule has 1 aliphatic carbocycles. The smallest absolute Gasteiger partial charge is 0.0847 e. The summed E-state index contributed by atoms with van der Waals surface area (Å²) >= 11 is 6.35. The van der Waals surface area contributed by atoms with E-state index >= 15 is 0 Å². The van der Waals surface area contributed by atoms with Crippen molar-refractivity contribution in [2.24, 2.45) is 5.92 Å². The second-order valence-corrected chi connectivity index (χ2v) is 5.33. The van der Waals surface area contributed by atoms with Crippen LogP contribution in [0, 0.1) is 12.8 Å². The van der Waals surface area contributed by atoms with E-state index in [9.17, 15) is 0 Å². The van der Waals surface area contributed by atoms with Gasteiger partial charge in [-0.25, -0.2) is 0 Å². The van der Waals surface area contributed by atoms with Gasteiger partial charge in [0.2, 0.25) is 0 Å². The van der Waals surface area contributed by atoms with Crippen molar-refractivity contribution in [3.05, 3.63) is 16.4 Å². The number of halogens is 1. The molecule has 0 radical (unpaired) electrons. The average molecular weight is 256 g/mol. The minimum absolute atomic E-state index is 0.544. The van der Waals surface area contributed by atoms with Crippen LogP contribution in [0.3, 0.4) is 0 Å². The molecule has 3 nitrogen and oxygen atoms in total. The Morgan fingerprint density at radius 2 is 2.24 bits per heavy atom. The predicted octanol–water partition coefficient (Wildman–Crippen LogP) is 2.80. The van der Waals surface area contributed by atoms with Crippen molar-refractivity contribution in [1.82, 2.24) is 15.1 Å². The van der Waals surface area contributed by atoms with Crippen LogP contribution in [-0.4, -0.2) is 22.9 Å². The molecule has 17 heavy (non-hydrogen) atoms. The van der Waals surface area contributed by atoms with Gasteiger partial charge in [0, 0.05) is 19.0 Å². The normalized spacial score (nSPS) is 18.1. The highest BCUT2D eigenvalue weighted by Gasteiger charge is 2.28. The topological polar surface area (TPSA) is 29.9 Å². The molecule has 96 valence electrons. The summed E-state index contributed by atoms with van der Waals surface area (Å²) in [6, 6.07) is 0.544. The zero-order valence-corrected chi connectivity index (χ0v) is 11.7. The first-order valence-corrected chi connectivity index (χ1v) is 6.94. The molecular formula is C13H22ClN3. The molecular weight excluding hydrogens is 234 g/mol. The number of hydrogen-bond acceptors (Lipinski definition) is 2. The number of nitrogens with one attached hydrogen (secondary N) is 1. The summed E-state index contributed by atoms with van der Waals surface area (Å²) in [5, 5.41) is 8.77. The lowest BCUT2D eigenvalue weighted by Gasteiger charge is -2.33. The van der Waals surface area contributed by atoms with Crippen molar-refractivity contribution < 1.29 is 0 Å². The molecule has 1 aromatic heterocycles. The van der Waals surface area contributed by atoms with Gasteiger partial charge in [0.15, 0.2) is 0 Å². The maximum Gasteiger partial charge on any atom is 0.0847 e. The fraction of sp³-hybridized carbons (Fsp3) is 0.769. The second kappa shape index (κ2) is 5.40. The third kappa shape index (κ3) is 2.50. The first-order valence-electron chi connectivity index (χ1n) is 6.56. The van der Waals surface area contributed by atoms with E-state index in [1.54, 1.807) is 0 Å². The predicted molar refractivity (Wildman–Crippen MR) is 71.5 cm³/mol. The van der Waals surface area contributed by atoms with Gasteiger partial charge in [0.05, 0.1) is 16.4 Å². The van der Waals surface area contributed by atoms with E-state index in [0.717, 1.165) is 29.6 Å². The van der Waals surface area contributed by atoms with Crippen LogP contribution in [0.2, 0.25) is 5.02 Å². The lowest BCUT2D eigenvalue weighted by Crippen LogP contribution is -2.39. The maximum atomic E-state index is 6.35. The molecule has 1 fully saturated rings. The van der Waals surface area contributed by atoms with E-state index in [0.29, 0.717) is 6.04 Å². The highest BCUT2D eigenvalue weighted by atomic mass is 35.5. The Hall–Kier alpha value is -0.540. The second-order valence-electron chi connectivity index (χ2n) is 4.95. The van der Waals surface area contributed by atoms with Crippen LogP contribution < -0.4 is 5.32 Å². The molecule has 2 rings (SSSR count). The quantitative estimate of drug-likeness (QED) is 0.877. The minimum atomic E-state index is 0.544. The van der Waals surface area contributed by atoms with Crippen molar-refractivity contribution in [3.63, 3.8) is 0 Å². The lowest BCUT2D eigenvalue weighted by molar-refractivity contribution is 0.233. The van der Waals surface area contributed by atoms with Crippen LogP contribution in [0.25, 0.3) is 0 Å². The highest BCUT2D eigenvalue weighted by Crippen LogP contribution is 2.32. The largest absolute Gasteiger partial charge is 0.316 e. The number of aromatic nitrogens is 2. The number of aryl methyl sites for hydroxylation is 2. The third-order valence-electron chi connectivity index (χ3n) is 3.96. The van der Waals surface area contributed by atoms with Gasteiger partial charge in [-0.3, -0.25) is 4.68 Å². The van der Waals surface area contributed by atoms with Crippen molar-refractivity contribution in [2.45, 2.75) is 52.1 Å². The minimum Gasteiger partial charge on any atom is -0.316 e. The summed E-state index contributed by atoms with van der Waals surface area (Å²) in [6.45, 7) is 4.99. The SMILES string of the molecule is CCn1nc(C)c(Cl)c1CC(NC)C1CCC1. The average Bonchev–Trinajstić information content (AvgIpc) is 2.53. The summed E-state index contributed by atoms with van der Waals surface area (Å²) in [7, 11) is 2.05. The summed E-state index contributed by atoms with van der Waals surface area (Å²) in [4.78, 5) is 0. The Morgan fingerprint density at radius 3 is 2.71 bits per heavy atom. The van der Waals surface area contributed by atoms with Gasteiger partial charge < -0.3 is 5.32 Å². The molecule has 1 heterocycles. The Morgan fingerprint density at radius 1 is 1.53 bits per heavy atom. The van der Waals surface area contributed by atoms with E-state index in [1.165, 1.54) is 25.0 Å². The van der Waals surface area contributed by atoms with Gasteiger partial charge in [-0.05, 0) is 39.7 Å². The van der Waals surface area contributed by atoms with Gasteiger partial charge in [-0.2, -0.15) is 5.10 Å². The van der Waals surface area contributed by atoms with E-state index in [4.69, 9.17) is 11.6 Å². The Balaban J connectivity index is 2.15. The number of hydrogen-bond donors (Lipinski definition) is 1. The van der Waals surface area contributed by atoms with Gasteiger partial charge in [-0.15, -0.1) is 0 Å². The van der Waals surface area contributed by atoms with Gasteiger partial charge in [0.1, 0.15) is 0 Å². The van der Waals surface area contributed by atoms with Crippen LogP contribution >= 0.6 is 11.6 Å². The molecule has 0 saturated heterocycles. The zero-order chi connectivity index (χ0) is 12.4. The molecule has 1 unspecified atom stereocenters. The van der Waals surface area contributed by atoms with Crippen LogP contribution in [0.4, 0.5) is 0 Å². The summed E-state index contributed by atoms with van der Waals surface area (Å²) in [6.07, 6.45) is 5.07. The fourth-order valence-corrected chi connectivity index (χ4v) is 2.83. The number of nitrogens with zero attached hydrogens (tertiary/aromatic N) is 2. The van der Waals surface area contributed by atoms with Crippen molar-refractivity contribution in [1.29, 1.82) is 0 Å². The standard InChI is InChI=1S/C13H22ClN3/c1-4-17-12(13(14)9(2)16-17)8-11(15-3)10-6-5-7-10/h10-11,15H,4-8H2,1-3H3. The van der Waals surface area contributed by atoms with E-state index in [2.05, 4.69) is 24.4 Å². The summed E-state index contributed by atoms with van der Waals surface area (Å²) < 4.78 is 2.04. The number of likely N-dealkylation sites (N-methyl/N-ethyl adjacent to an activating group) is 1. The number of rotatable bonds is 5. The van der Waals surface area contributed by atoms with Gasteiger partial charge >= 0.3 is 0 Å². The van der Waals surface area contributed by atoms with Gasteiger partial charge in [0.25, 0.3) is 0 Å². The van der Waals surface area contributed by atoms with E-state index in [1.807, 2.05) is 11.6 Å². The Kier molecular flexibility index (Phi) is 4.10. The Bertz CT molecular complexity index is 382. The van der Waals surface area contributed by atoms with E-state index < -0.39 is 0 Å². The first kappa shape index (κ1) is 12.9. The molecule has 0 spiro atoms. The Labute approximate surface area is 109 Å². The van der Waals surface area contributed by atoms with Gasteiger partial charge in [-0.1, -0.05) is 18.0 Å².